The highest BCUT2D eigenvalue weighted by Gasteiger charge is 2.30. The lowest BCUT2D eigenvalue weighted by Gasteiger charge is -2.24. The average Bonchev–Trinajstić information content (AvgIpc) is 2.86. The van der Waals surface area contributed by atoms with Gasteiger partial charge in [-0.1, -0.05) is 30.7 Å². The minimum Gasteiger partial charge on any atom is -0.304 e. The van der Waals surface area contributed by atoms with Gasteiger partial charge in [-0.05, 0) is 12.8 Å². The number of benzene rings is 1. The fourth-order valence-corrected chi connectivity index (χ4v) is 3.00. The smallest absolute Gasteiger partial charge is 0.104 e. The number of hydrogen-bond acceptors (Lipinski definition) is 2. The second-order valence-corrected chi connectivity index (χ2v) is 5.05. The van der Waals surface area contributed by atoms with E-state index < -0.39 is 0 Å². The van der Waals surface area contributed by atoms with Gasteiger partial charge in [0.2, 0.25) is 0 Å². The Hall–Kier alpha value is -2.10. The van der Waals surface area contributed by atoms with E-state index in [1.807, 2.05) is 18.2 Å². The third kappa shape index (κ3) is 1.10. The van der Waals surface area contributed by atoms with Gasteiger partial charge < -0.3 is 5.10 Å². The molecule has 3 aliphatic rings. The van der Waals surface area contributed by atoms with Gasteiger partial charge in [0.1, 0.15) is 5.69 Å². The molecule has 0 atom stereocenters. The van der Waals surface area contributed by atoms with Gasteiger partial charge in [-0.3, -0.25) is 5.10 Å². The van der Waals surface area contributed by atoms with Crippen molar-refractivity contribution < 1.29 is 0 Å². The Labute approximate surface area is 104 Å². The summed E-state index contributed by atoms with van der Waals surface area (Å²) in [7, 11) is 0. The predicted molar refractivity (Wildman–Crippen MR) is 70.7 cm³/mol. The molecule has 0 bridgehead atoms. The fraction of sp³-hybridized carbons (Fsp3) is 0.286. The van der Waals surface area contributed by atoms with Crippen LogP contribution >= 0.6 is 0 Å². The number of hydrogen-bond donors (Lipinski definition) is 3. The van der Waals surface area contributed by atoms with Crippen molar-refractivity contribution in [2.45, 2.75) is 25.2 Å². The lowest BCUT2D eigenvalue weighted by molar-refractivity contribution is 0.412. The molecular weight excluding hydrogens is 224 g/mol. The van der Waals surface area contributed by atoms with Crippen LogP contribution in [-0.2, 0) is 0 Å². The number of aromatic nitrogens is 2. The predicted octanol–water partition coefficient (Wildman–Crippen LogP) is 4.53. The van der Waals surface area contributed by atoms with Crippen LogP contribution in [0, 0.1) is 5.53 Å². The summed E-state index contributed by atoms with van der Waals surface area (Å²) in [5, 5.41) is 12.6. The van der Waals surface area contributed by atoms with Crippen molar-refractivity contribution >= 4 is 16.5 Å². The maximum Gasteiger partial charge on any atom is 0.104 e. The van der Waals surface area contributed by atoms with E-state index in [9.17, 15) is 0 Å². The number of nitrogens with one attached hydrogen (secondary N) is 3. The molecule has 1 fully saturated rings. The average molecular weight is 238 g/mol. The molecule has 3 N–H and O–H groups in total. The molecule has 1 aliphatic heterocycles. The molecule has 0 unspecified atom stereocenters. The van der Waals surface area contributed by atoms with Gasteiger partial charge in [-0.15, -0.1) is 0 Å². The van der Waals surface area contributed by atoms with E-state index in [2.05, 4.69) is 21.4 Å². The highest BCUT2D eigenvalue weighted by Crippen LogP contribution is 2.49. The third-order valence-electron chi connectivity index (χ3n) is 4.16. The van der Waals surface area contributed by atoms with Crippen molar-refractivity contribution in [1.82, 2.24) is 10.2 Å². The molecular formula is C14H14N4. The Balaban J connectivity index is 2.07. The minimum atomic E-state index is 0.607. The summed E-state index contributed by atoms with van der Waals surface area (Å²) in [5.74, 6) is 0.607. The van der Waals surface area contributed by atoms with Gasteiger partial charge in [-0.25, -0.2) is 5.53 Å². The summed E-state index contributed by atoms with van der Waals surface area (Å²) >= 11 is 0. The number of aromatic amines is 2. The van der Waals surface area contributed by atoms with Crippen molar-refractivity contribution in [2.24, 2.45) is 5.11 Å². The lowest BCUT2D eigenvalue weighted by Crippen LogP contribution is -2.09. The van der Waals surface area contributed by atoms with Crippen LogP contribution in [0.15, 0.2) is 29.4 Å². The standard InChI is InChI=1S/C14H14N4/c15-16-13-9-6-1-2-7-10(9)14-11(13)12(17-18-14)8-4-3-5-8/h1-2,6-8,15,17-18H,3-5H2. The molecule has 1 heterocycles. The fourth-order valence-electron chi connectivity index (χ4n) is 3.00. The highest BCUT2D eigenvalue weighted by molar-refractivity contribution is 6.11. The normalized spacial score (nSPS) is 16.2. The van der Waals surface area contributed by atoms with Gasteiger partial charge in [0.15, 0.2) is 0 Å². The van der Waals surface area contributed by atoms with Crippen molar-refractivity contribution in [2.75, 3.05) is 0 Å². The van der Waals surface area contributed by atoms with Crippen LogP contribution in [0.3, 0.4) is 0 Å². The monoisotopic (exact) mass is 238 g/mol. The van der Waals surface area contributed by atoms with E-state index in [4.69, 9.17) is 5.53 Å². The van der Waals surface area contributed by atoms with Gasteiger partial charge in [0, 0.05) is 27.9 Å². The van der Waals surface area contributed by atoms with E-state index in [-0.39, 0.29) is 0 Å². The molecule has 1 aromatic carbocycles. The van der Waals surface area contributed by atoms with Crippen LogP contribution in [0.4, 0.5) is 5.69 Å². The second kappa shape index (κ2) is 3.45. The van der Waals surface area contributed by atoms with Crippen LogP contribution < -0.4 is 0 Å². The Bertz CT molecular complexity index is 702. The van der Waals surface area contributed by atoms with Gasteiger partial charge in [-0.2, -0.15) is 5.11 Å². The van der Waals surface area contributed by atoms with Crippen LogP contribution in [0.5, 0.6) is 0 Å². The van der Waals surface area contributed by atoms with E-state index in [1.54, 1.807) is 0 Å². The zero-order valence-corrected chi connectivity index (χ0v) is 9.96. The first-order chi connectivity index (χ1) is 8.90. The van der Waals surface area contributed by atoms with E-state index in [0.29, 0.717) is 5.92 Å². The molecule has 0 aromatic heterocycles. The van der Waals surface area contributed by atoms with E-state index in [0.717, 1.165) is 27.7 Å². The Morgan fingerprint density at radius 2 is 1.89 bits per heavy atom. The maximum atomic E-state index is 7.47. The molecule has 1 aromatic rings. The first-order valence-corrected chi connectivity index (χ1v) is 6.38. The molecule has 0 saturated heterocycles. The number of fused-ring (bicyclic) bond motifs is 3. The zero-order valence-electron chi connectivity index (χ0n) is 9.96. The summed E-state index contributed by atoms with van der Waals surface area (Å²) in [4.78, 5) is 0. The first-order valence-electron chi connectivity index (χ1n) is 6.38. The summed E-state index contributed by atoms with van der Waals surface area (Å²) in [6.07, 6.45) is 3.78. The van der Waals surface area contributed by atoms with Crippen molar-refractivity contribution in [3.05, 3.63) is 30.0 Å². The van der Waals surface area contributed by atoms with E-state index >= 15 is 0 Å². The molecule has 4 nitrogen and oxygen atoms in total. The van der Waals surface area contributed by atoms with Gasteiger partial charge >= 0.3 is 0 Å². The largest absolute Gasteiger partial charge is 0.304 e. The van der Waals surface area contributed by atoms with Crippen LogP contribution in [0.2, 0.25) is 0 Å². The lowest BCUT2D eigenvalue weighted by atomic mass is 9.81. The van der Waals surface area contributed by atoms with Crippen molar-refractivity contribution in [3.63, 3.8) is 0 Å². The topological polar surface area (TPSA) is 67.8 Å². The SMILES string of the molecule is N=Nc1c2c(C3CCC3)[nH][nH]c-2c2ccccc12. The maximum absolute atomic E-state index is 7.47. The molecule has 1 saturated carbocycles. The molecule has 2 aliphatic carbocycles. The number of nitrogens with zero attached hydrogens (tertiary/aromatic N) is 1. The third-order valence-corrected chi connectivity index (χ3v) is 4.16. The zero-order chi connectivity index (χ0) is 12.1. The molecule has 4 heteroatoms. The van der Waals surface area contributed by atoms with Crippen LogP contribution in [0.25, 0.3) is 22.0 Å². The summed E-state index contributed by atoms with van der Waals surface area (Å²) in [6.45, 7) is 0. The number of rotatable bonds is 2. The molecule has 18 heavy (non-hydrogen) atoms. The molecule has 90 valence electrons. The van der Waals surface area contributed by atoms with E-state index in [1.165, 1.54) is 25.0 Å². The molecule has 0 radical (unpaired) electrons. The Morgan fingerprint density at radius 3 is 2.56 bits per heavy atom. The van der Waals surface area contributed by atoms with Crippen molar-refractivity contribution in [1.29, 1.82) is 5.53 Å². The molecule has 4 rings (SSSR count). The summed E-state index contributed by atoms with van der Waals surface area (Å²) in [5.41, 5.74) is 11.7. The molecule has 0 amide bonds. The highest BCUT2D eigenvalue weighted by atomic mass is 15.1. The second-order valence-electron chi connectivity index (χ2n) is 5.05. The van der Waals surface area contributed by atoms with Crippen LogP contribution in [0.1, 0.15) is 30.9 Å². The van der Waals surface area contributed by atoms with Gasteiger partial charge in [0.25, 0.3) is 0 Å². The van der Waals surface area contributed by atoms with Gasteiger partial charge in [0.05, 0.1) is 5.69 Å². The Morgan fingerprint density at radius 1 is 1.11 bits per heavy atom. The minimum absolute atomic E-state index is 0.607. The first kappa shape index (κ1) is 9.88. The quantitative estimate of drug-likeness (QED) is 0.549. The Kier molecular flexibility index (Phi) is 1.89. The summed E-state index contributed by atoms with van der Waals surface area (Å²) < 4.78 is 0. The molecule has 0 spiro atoms. The van der Waals surface area contributed by atoms with Crippen LogP contribution in [-0.4, -0.2) is 10.2 Å². The number of H-pyrrole nitrogens is 2. The summed E-state index contributed by atoms with van der Waals surface area (Å²) in [6, 6.07) is 8.16. The van der Waals surface area contributed by atoms with Crippen molar-refractivity contribution in [3.8, 4) is 11.3 Å².